The quantitative estimate of drug-likeness (QED) is 0.679. The first-order valence-electron chi connectivity index (χ1n) is 8.55. The zero-order chi connectivity index (χ0) is 20.3. The maximum absolute atomic E-state index is 12.4. The lowest BCUT2D eigenvalue weighted by atomic mass is 10.1. The number of alkyl halides is 3. The van der Waals surface area contributed by atoms with Crippen molar-refractivity contribution in [2.45, 2.75) is 32.5 Å². The van der Waals surface area contributed by atoms with Crippen LogP contribution in [0.15, 0.2) is 41.1 Å². The molecule has 0 aliphatic carbocycles. The van der Waals surface area contributed by atoms with Crippen LogP contribution in [0.4, 0.5) is 13.2 Å². The van der Waals surface area contributed by atoms with E-state index >= 15 is 0 Å². The lowest BCUT2D eigenvalue weighted by Crippen LogP contribution is -2.23. The highest BCUT2D eigenvalue weighted by molar-refractivity contribution is 5.97. The minimum Gasteiger partial charge on any atom is -0.484 e. The fourth-order valence-corrected chi connectivity index (χ4v) is 2.54. The van der Waals surface area contributed by atoms with Crippen molar-refractivity contribution in [1.29, 1.82) is 0 Å². The van der Waals surface area contributed by atoms with E-state index in [0.717, 1.165) is 11.3 Å². The van der Waals surface area contributed by atoms with Gasteiger partial charge in [0.1, 0.15) is 5.75 Å². The number of carbonyl (C=O) groups is 1. The Morgan fingerprint density at radius 1 is 1.25 bits per heavy atom. The van der Waals surface area contributed by atoms with E-state index in [9.17, 15) is 18.0 Å². The summed E-state index contributed by atoms with van der Waals surface area (Å²) >= 11 is 0. The van der Waals surface area contributed by atoms with E-state index in [0.29, 0.717) is 16.7 Å². The van der Waals surface area contributed by atoms with Gasteiger partial charge in [-0.3, -0.25) is 4.79 Å². The molecule has 28 heavy (non-hydrogen) atoms. The number of hydrogen-bond acceptors (Lipinski definition) is 5. The molecule has 2 aromatic heterocycles. The molecule has 0 unspecified atom stereocenters. The van der Waals surface area contributed by atoms with Gasteiger partial charge in [0.25, 0.3) is 11.6 Å². The van der Waals surface area contributed by atoms with Gasteiger partial charge in [0.05, 0.1) is 16.6 Å². The summed E-state index contributed by atoms with van der Waals surface area (Å²) in [6.07, 6.45) is -2.98. The molecule has 1 aromatic carbocycles. The van der Waals surface area contributed by atoms with Crippen LogP contribution in [0.5, 0.6) is 5.75 Å². The summed E-state index contributed by atoms with van der Waals surface area (Å²) in [6.45, 7) is 2.79. The van der Waals surface area contributed by atoms with Gasteiger partial charge in [-0.25, -0.2) is 4.98 Å². The number of rotatable bonds is 6. The van der Waals surface area contributed by atoms with E-state index < -0.39 is 12.8 Å². The highest BCUT2D eigenvalue weighted by Gasteiger charge is 2.28. The Morgan fingerprint density at radius 3 is 2.61 bits per heavy atom. The Balaban J connectivity index is 1.62. The van der Waals surface area contributed by atoms with Gasteiger partial charge >= 0.3 is 6.18 Å². The minimum atomic E-state index is -4.39. The average molecular weight is 393 g/mol. The molecule has 2 heterocycles. The fraction of sp³-hybridized carbons (Fsp3) is 0.316. The number of pyridine rings is 1. The number of nitrogens with zero attached hydrogens (tertiary/aromatic N) is 2. The summed E-state index contributed by atoms with van der Waals surface area (Å²) in [5.74, 6) is -0.0992. The van der Waals surface area contributed by atoms with Crippen molar-refractivity contribution in [2.75, 3.05) is 6.61 Å². The van der Waals surface area contributed by atoms with Crippen LogP contribution in [0.25, 0.3) is 11.1 Å². The molecular weight excluding hydrogens is 375 g/mol. The van der Waals surface area contributed by atoms with Gasteiger partial charge < -0.3 is 14.6 Å². The first-order chi connectivity index (χ1) is 13.2. The van der Waals surface area contributed by atoms with E-state index in [-0.39, 0.29) is 24.1 Å². The maximum atomic E-state index is 12.4. The number of fused-ring (bicyclic) bond motifs is 1. The van der Waals surface area contributed by atoms with Crippen molar-refractivity contribution in [3.63, 3.8) is 0 Å². The van der Waals surface area contributed by atoms with Gasteiger partial charge in [0, 0.05) is 12.7 Å². The fourth-order valence-electron chi connectivity index (χ4n) is 2.54. The third-order valence-corrected chi connectivity index (χ3v) is 3.95. The van der Waals surface area contributed by atoms with E-state index in [1.807, 2.05) is 13.8 Å². The predicted octanol–water partition coefficient (Wildman–Crippen LogP) is 4.22. The van der Waals surface area contributed by atoms with Crippen molar-refractivity contribution < 1.29 is 27.2 Å². The first kappa shape index (κ1) is 19.7. The summed E-state index contributed by atoms with van der Waals surface area (Å²) in [5.41, 5.74) is 2.18. The lowest BCUT2D eigenvalue weighted by molar-refractivity contribution is -0.153. The van der Waals surface area contributed by atoms with Gasteiger partial charge in [0.15, 0.2) is 6.61 Å². The summed E-state index contributed by atoms with van der Waals surface area (Å²) in [6, 6.07) is 7.70. The van der Waals surface area contributed by atoms with Gasteiger partial charge in [0.2, 0.25) is 0 Å². The van der Waals surface area contributed by atoms with Crippen LogP contribution in [0.1, 0.15) is 41.4 Å². The van der Waals surface area contributed by atoms with E-state index in [1.165, 1.54) is 18.3 Å². The highest BCUT2D eigenvalue weighted by atomic mass is 19.4. The molecule has 0 radical (unpaired) electrons. The third-order valence-electron chi connectivity index (χ3n) is 3.95. The predicted molar refractivity (Wildman–Crippen MR) is 95.1 cm³/mol. The van der Waals surface area contributed by atoms with Gasteiger partial charge in [-0.1, -0.05) is 31.1 Å². The molecular formula is C19H18F3N3O3. The lowest BCUT2D eigenvalue weighted by Gasteiger charge is -2.10. The molecule has 9 heteroatoms. The number of hydrogen-bond donors (Lipinski definition) is 1. The van der Waals surface area contributed by atoms with Crippen LogP contribution in [-0.4, -0.2) is 28.8 Å². The molecule has 3 aromatic rings. The Morgan fingerprint density at radius 2 is 1.96 bits per heavy atom. The van der Waals surface area contributed by atoms with Crippen LogP contribution in [0.2, 0.25) is 0 Å². The number of carbonyl (C=O) groups excluding carboxylic acids is 1. The molecule has 6 nitrogen and oxygen atoms in total. The highest BCUT2D eigenvalue weighted by Crippen LogP contribution is 2.24. The average Bonchev–Trinajstić information content (AvgIpc) is 3.08. The molecule has 0 aliphatic rings. The molecule has 148 valence electrons. The Hall–Kier alpha value is -3.10. The summed E-state index contributed by atoms with van der Waals surface area (Å²) in [4.78, 5) is 16.5. The molecule has 1 amide bonds. The van der Waals surface area contributed by atoms with Crippen molar-refractivity contribution in [2.24, 2.45) is 0 Å². The summed E-state index contributed by atoms with van der Waals surface area (Å²) in [7, 11) is 0. The maximum Gasteiger partial charge on any atom is 0.422 e. The monoisotopic (exact) mass is 393 g/mol. The third kappa shape index (κ3) is 4.79. The van der Waals surface area contributed by atoms with Gasteiger partial charge in [-0.15, -0.1) is 0 Å². The number of ether oxygens (including phenoxy) is 1. The Bertz CT molecular complexity index is 966. The Kier molecular flexibility index (Phi) is 5.53. The molecule has 0 saturated carbocycles. The van der Waals surface area contributed by atoms with E-state index in [4.69, 9.17) is 4.52 Å². The van der Waals surface area contributed by atoms with Crippen LogP contribution < -0.4 is 10.1 Å². The van der Waals surface area contributed by atoms with Crippen molar-refractivity contribution in [3.05, 3.63) is 53.3 Å². The van der Waals surface area contributed by atoms with E-state index in [1.54, 1.807) is 18.2 Å². The van der Waals surface area contributed by atoms with Crippen LogP contribution in [0, 0.1) is 0 Å². The molecule has 1 N–H and O–H groups in total. The minimum absolute atomic E-state index is 0.107. The second-order valence-corrected chi connectivity index (χ2v) is 6.53. The molecule has 0 saturated heterocycles. The van der Waals surface area contributed by atoms with Crippen LogP contribution in [0.3, 0.4) is 0 Å². The zero-order valence-corrected chi connectivity index (χ0v) is 15.2. The topological polar surface area (TPSA) is 77.2 Å². The van der Waals surface area contributed by atoms with Crippen LogP contribution >= 0.6 is 0 Å². The molecule has 0 atom stereocenters. The number of benzene rings is 1. The smallest absolute Gasteiger partial charge is 0.422 e. The SMILES string of the molecule is CC(C)c1noc2ncc(C(=O)NCc3ccc(OCC(F)(F)F)cc3)cc12. The number of halogens is 3. The molecule has 0 fully saturated rings. The molecule has 0 bridgehead atoms. The van der Waals surface area contributed by atoms with Crippen LogP contribution in [-0.2, 0) is 6.54 Å². The summed E-state index contributed by atoms with van der Waals surface area (Å²) < 4.78 is 46.2. The Labute approximate surface area is 158 Å². The molecule has 0 aliphatic heterocycles. The summed E-state index contributed by atoms with van der Waals surface area (Å²) in [5, 5.41) is 7.41. The van der Waals surface area contributed by atoms with Crippen molar-refractivity contribution >= 4 is 17.0 Å². The van der Waals surface area contributed by atoms with Gasteiger partial charge in [-0.2, -0.15) is 13.2 Å². The second kappa shape index (κ2) is 7.87. The first-order valence-corrected chi connectivity index (χ1v) is 8.55. The number of nitrogens with one attached hydrogen (secondary N) is 1. The number of aromatic nitrogens is 2. The zero-order valence-electron chi connectivity index (χ0n) is 15.2. The molecule has 3 rings (SSSR count). The second-order valence-electron chi connectivity index (χ2n) is 6.53. The van der Waals surface area contributed by atoms with Crippen molar-refractivity contribution in [3.8, 4) is 5.75 Å². The number of amides is 1. The van der Waals surface area contributed by atoms with Gasteiger partial charge in [-0.05, 0) is 29.7 Å². The normalized spacial score (nSPS) is 11.8. The molecule has 0 spiro atoms. The largest absolute Gasteiger partial charge is 0.484 e. The van der Waals surface area contributed by atoms with E-state index in [2.05, 4.69) is 20.2 Å². The standard InChI is InChI=1S/C19H18F3N3O3/c1-11(2)16-15-7-13(9-24-18(15)28-25-16)17(26)23-8-12-3-5-14(6-4-12)27-10-19(20,21)22/h3-7,9,11H,8,10H2,1-2H3,(H,23,26). The van der Waals surface area contributed by atoms with Crippen molar-refractivity contribution in [1.82, 2.24) is 15.5 Å².